The van der Waals surface area contributed by atoms with Gasteiger partial charge in [0, 0.05) is 19.0 Å². The molecule has 0 amide bonds. The molecule has 1 aliphatic heterocycles. The number of nitrogens with zero attached hydrogens (tertiary/aromatic N) is 2. The summed E-state index contributed by atoms with van der Waals surface area (Å²) < 4.78 is 0. The second-order valence-corrected chi connectivity index (χ2v) is 3.69. The highest BCUT2D eigenvalue weighted by Crippen LogP contribution is 2.09. The lowest BCUT2D eigenvalue weighted by Crippen LogP contribution is -2.30. The molecule has 0 radical (unpaired) electrons. The molecule has 12 heavy (non-hydrogen) atoms. The summed E-state index contributed by atoms with van der Waals surface area (Å²) in [6.45, 7) is 6.30. The van der Waals surface area contributed by atoms with Gasteiger partial charge in [-0.3, -0.25) is 5.01 Å². The van der Waals surface area contributed by atoms with E-state index in [2.05, 4.69) is 24.0 Å². The fourth-order valence-electron chi connectivity index (χ4n) is 1.26. The Balaban J connectivity index is 2.41. The van der Waals surface area contributed by atoms with Crippen LogP contribution in [0.4, 0.5) is 0 Å². The molecule has 0 aromatic rings. The Kier molecular flexibility index (Phi) is 3.38. The molecule has 1 saturated heterocycles. The SMILES string of the molecule is CC(C)/C(N)=N/N1CCCCC1. The monoisotopic (exact) mass is 169 g/mol. The predicted octanol–water partition coefficient (Wildman–Crippen LogP) is 1.40. The average molecular weight is 169 g/mol. The summed E-state index contributed by atoms with van der Waals surface area (Å²) in [5.74, 6) is 1.13. The smallest absolute Gasteiger partial charge is 0.122 e. The van der Waals surface area contributed by atoms with Gasteiger partial charge in [-0.05, 0) is 19.3 Å². The van der Waals surface area contributed by atoms with Crippen LogP contribution in [0.2, 0.25) is 0 Å². The molecule has 0 unspecified atom stereocenters. The van der Waals surface area contributed by atoms with E-state index in [-0.39, 0.29) is 0 Å². The first-order chi connectivity index (χ1) is 5.70. The fourth-order valence-corrected chi connectivity index (χ4v) is 1.26. The lowest BCUT2D eigenvalue weighted by Gasteiger charge is -2.24. The van der Waals surface area contributed by atoms with Gasteiger partial charge in [0.2, 0.25) is 0 Å². The van der Waals surface area contributed by atoms with E-state index in [4.69, 9.17) is 5.73 Å². The molecule has 0 aliphatic carbocycles. The molecule has 2 N–H and O–H groups in total. The molecular weight excluding hydrogens is 150 g/mol. The molecule has 0 spiro atoms. The van der Waals surface area contributed by atoms with Gasteiger partial charge in [0.1, 0.15) is 5.84 Å². The molecule has 1 rings (SSSR count). The Hall–Kier alpha value is -0.730. The van der Waals surface area contributed by atoms with Gasteiger partial charge in [-0.25, -0.2) is 0 Å². The molecule has 3 nitrogen and oxygen atoms in total. The highest BCUT2D eigenvalue weighted by Gasteiger charge is 2.08. The molecule has 70 valence electrons. The minimum absolute atomic E-state index is 0.368. The maximum atomic E-state index is 5.76. The number of piperidine rings is 1. The van der Waals surface area contributed by atoms with E-state index in [1.165, 1.54) is 19.3 Å². The fraction of sp³-hybridized carbons (Fsp3) is 0.889. The summed E-state index contributed by atoms with van der Waals surface area (Å²) in [6, 6.07) is 0. The van der Waals surface area contributed by atoms with Crippen LogP contribution in [0.15, 0.2) is 5.10 Å². The zero-order valence-electron chi connectivity index (χ0n) is 8.08. The van der Waals surface area contributed by atoms with Crippen LogP contribution in [-0.4, -0.2) is 23.9 Å². The van der Waals surface area contributed by atoms with Crippen molar-refractivity contribution in [3.63, 3.8) is 0 Å². The summed E-state index contributed by atoms with van der Waals surface area (Å²) in [7, 11) is 0. The summed E-state index contributed by atoms with van der Waals surface area (Å²) in [5.41, 5.74) is 5.76. The molecule has 0 aromatic heterocycles. The van der Waals surface area contributed by atoms with Crippen molar-refractivity contribution in [1.29, 1.82) is 0 Å². The van der Waals surface area contributed by atoms with Gasteiger partial charge in [0.05, 0.1) is 0 Å². The average Bonchev–Trinajstić information content (AvgIpc) is 2.06. The third kappa shape index (κ3) is 2.72. The number of amidine groups is 1. The molecule has 0 aromatic carbocycles. The maximum absolute atomic E-state index is 5.76. The minimum atomic E-state index is 0.368. The predicted molar refractivity (Wildman–Crippen MR) is 51.9 cm³/mol. The maximum Gasteiger partial charge on any atom is 0.122 e. The normalized spacial score (nSPS) is 20.2. The number of nitrogens with two attached hydrogens (primary N) is 1. The molecule has 1 aliphatic rings. The Labute approximate surface area is 74.6 Å². The van der Waals surface area contributed by atoms with Gasteiger partial charge in [-0.15, -0.1) is 0 Å². The van der Waals surface area contributed by atoms with Crippen LogP contribution in [-0.2, 0) is 0 Å². The first kappa shape index (κ1) is 9.36. The van der Waals surface area contributed by atoms with Gasteiger partial charge in [-0.2, -0.15) is 5.10 Å². The topological polar surface area (TPSA) is 41.6 Å². The minimum Gasteiger partial charge on any atom is -0.386 e. The van der Waals surface area contributed by atoms with Crippen LogP contribution in [0.3, 0.4) is 0 Å². The molecule has 3 heteroatoms. The lowest BCUT2D eigenvalue weighted by molar-refractivity contribution is 0.237. The van der Waals surface area contributed by atoms with Crippen LogP contribution >= 0.6 is 0 Å². The largest absolute Gasteiger partial charge is 0.386 e. The standard InChI is InChI=1S/C9H19N3/c1-8(2)9(10)11-12-6-4-3-5-7-12/h8H,3-7H2,1-2H3,(H2,10,11). The van der Waals surface area contributed by atoms with E-state index in [1.807, 2.05) is 0 Å². The van der Waals surface area contributed by atoms with Crippen LogP contribution < -0.4 is 5.73 Å². The van der Waals surface area contributed by atoms with Crippen LogP contribution in [0.1, 0.15) is 33.1 Å². The summed E-state index contributed by atoms with van der Waals surface area (Å²) >= 11 is 0. The Morgan fingerprint density at radius 2 is 1.83 bits per heavy atom. The van der Waals surface area contributed by atoms with Crippen LogP contribution in [0, 0.1) is 5.92 Å². The third-order valence-electron chi connectivity index (χ3n) is 2.18. The van der Waals surface area contributed by atoms with Crippen LogP contribution in [0.5, 0.6) is 0 Å². The van der Waals surface area contributed by atoms with E-state index in [0.29, 0.717) is 5.92 Å². The summed E-state index contributed by atoms with van der Waals surface area (Å²) in [6.07, 6.45) is 3.86. The Morgan fingerprint density at radius 3 is 2.33 bits per heavy atom. The number of hydrogen-bond acceptors (Lipinski definition) is 2. The molecule has 0 atom stereocenters. The van der Waals surface area contributed by atoms with E-state index < -0.39 is 0 Å². The quantitative estimate of drug-likeness (QED) is 0.501. The van der Waals surface area contributed by atoms with E-state index >= 15 is 0 Å². The number of rotatable bonds is 2. The molecule has 1 heterocycles. The van der Waals surface area contributed by atoms with Gasteiger partial charge < -0.3 is 5.73 Å². The summed E-state index contributed by atoms with van der Waals surface area (Å²) in [4.78, 5) is 0. The lowest BCUT2D eigenvalue weighted by atomic mass is 10.2. The van der Waals surface area contributed by atoms with Gasteiger partial charge in [0.25, 0.3) is 0 Å². The van der Waals surface area contributed by atoms with Crippen molar-refractivity contribution in [1.82, 2.24) is 5.01 Å². The second kappa shape index (κ2) is 4.33. The number of hydrazone groups is 1. The Bertz CT molecular complexity index is 157. The molecule has 1 fully saturated rings. The first-order valence-corrected chi connectivity index (χ1v) is 4.79. The zero-order chi connectivity index (χ0) is 8.97. The van der Waals surface area contributed by atoms with Gasteiger partial charge in [0.15, 0.2) is 0 Å². The van der Waals surface area contributed by atoms with Gasteiger partial charge in [-0.1, -0.05) is 13.8 Å². The van der Waals surface area contributed by atoms with Crippen molar-refractivity contribution < 1.29 is 0 Å². The molecule has 0 bridgehead atoms. The van der Waals surface area contributed by atoms with Crippen LogP contribution in [0.25, 0.3) is 0 Å². The second-order valence-electron chi connectivity index (χ2n) is 3.69. The highest BCUT2D eigenvalue weighted by molar-refractivity contribution is 5.81. The first-order valence-electron chi connectivity index (χ1n) is 4.79. The van der Waals surface area contributed by atoms with Crippen molar-refractivity contribution in [3.8, 4) is 0 Å². The molecular formula is C9H19N3. The van der Waals surface area contributed by atoms with Crippen molar-refractivity contribution in [2.45, 2.75) is 33.1 Å². The number of hydrogen-bond donors (Lipinski definition) is 1. The highest BCUT2D eigenvalue weighted by atomic mass is 15.5. The Morgan fingerprint density at radius 1 is 1.25 bits per heavy atom. The zero-order valence-corrected chi connectivity index (χ0v) is 8.08. The summed E-state index contributed by atoms with van der Waals surface area (Å²) in [5, 5.41) is 6.46. The van der Waals surface area contributed by atoms with E-state index in [9.17, 15) is 0 Å². The van der Waals surface area contributed by atoms with Crippen molar-refractivity contribution >= 4 is 5.84 Å². The third-order valence-corrected chi connectivity index (χ3v) is 2.18. The van der Waals surface area contributed by atoms with E-state index in [1.54, 1.807) is 0 Å². The van der Waals surface area contributed by atoms with E-state index in [0.717, 1.165) is 18.9 Å². The van der Waals surface area contributed by atoms with Crippen molar-refractivity contribution in [2.24, 2.45) is 16.8 Å². The van der Waals surface area contributed by atoms with Gasteiger partial charge >= 0.3 is 0 Å². The van der Waals surface area contributed by atoms with Crippen molar-refractivity contribution in [3.05, 3.63) is 0 Å². The molecule has 0 saturated carbocycles. The van der Waals surface area contributed by atoms with Crippen molar-refractivity contribution in [2.75, 3.05) is 13.1 Å².